The number of nitrogens with zero attached hydrogens (tertiary/aromatic N) is 1. The molecule has 0 aliphatic rings. The Morgan fingerprint density at radius 2 is 2.09 bits per heavy atom. The number of rotatable bonds is 5. The molecule has 0 heterocycles. The Balaban J connectivity index is 2.97. The van der Waals surface area contributed by atoms with E-state index in [0.717, 1.165) is 12.1 Å². The van der Waals surface area contributed by atoms with Crippen LogP contribution >= 0.6 is 15.9 Å². The van der Waals surface area contributed by atoms with Crippen molar-refractivity contribution in [3.05, 3.63) is 40.4 Å². The molecule has 0 aliphatic heterocycles. The number of carbonyl (C=O) groups excluding carboxylic acids is 1. The molecule has 0 fully saturated rings. The Bertz CT molecular complexity index is 612. The molecule has 0 unspecified atom stereocenters. The van der Waals surface area contributed by atoms with Crippen LogP contribution in [0, 0.1) is 0 Å². The highest BCUT2D eigenvalue weighted by Crippen LogP contribution is 2.31. The Morgan fingerprint density at radius 3 is 2.65 bits per heavy atom. The van der Waals surface area contributed by atoms with Gasteiger partial charge in [0.25, 0.3) is 0 Å². The second-order valence-corrected chi connectivity index (χ2v) is 5.09. The first-order chi connectivity index (χ1) is 10.8. The molecule has 126 valence electrons. The summed E-state index contributed by atoms with van der Waals surface area (Å²) >= 11 is 3.19. The fourth-order valence-electron chi connectivity index (χ4n) is 1.49. The highest BCUT2D eigenvalue weighted by molar-refractivity contribution is 9.12. The van der Waals surface area contributed by atoms with Crippen molar-refractivity contribution in [2.24, 2.45) is 4.99 Å². The summed E-state index contributed by atoms with van der Waals surface area (Å²) in [6.45, 7) is 2.10. The molecule has 0 radical (unpaired) electrons. The van der Waals surface area contributed by atoms with Gasteiger partial charge in [-0.2, -0.15) is 13.2 Å². The lowest BCUT2D eigenvalue weighted by Gasteiger charge is -2.11. The van der Waals surface area contributed by atoms with Crippen LogP contribution in [0.15, 0.2) is 39.8 Å². The van der Waals surface area contributed by atoms with E-state index in [1.807, 2.05) is 0 Å². The van der Waals surface area contributed by atoms with Crippen molar-refractivity contribution < 1.29 is 27.4 Å². The number of carbonyl (C=O) groups is 1. The van der Waals surface area contributed by atoms with E-state index in [4.69, 9.17) is 4.74 Å². The topological polar surface area (TPSA) is 47.9 Å². The maximum absolute atomic E-state index is 12.7. The summed E-state index contributed by atoms with van der Waals surface area (Å²) in [4.78, 5) is 15.2. The molecular formula is C15H15BrF3NO3. The number of halogens is 4. The van der Waals surface area contributed by atoms with Gasteiger partial charge >= 0.3 is 12.1 Å². The highest BCUT2D eigenvalue weighted by Gasteiger charge is 2.30. The van der Waals surface area contributed by atoms with Crippen LogP contribution in [-0.2, 0) is 15.7 Å². The normalized spacial score (nSPS) is 13.0. The first kappa shape index (κ1) is 19.2. The van der Waals surface area contributed by atoms with E-state index in [9.17, 15) is 18.0 Å². The SMILES string of the molecule is CCN=C(Oc1cccc(C(F)(F)F)c1)C(Br)=CCC(=O)OC. The van der Waals surface area contributed by atoms with E-state index in [0.29, 0.717) is 11.0 Å². The molecule has 0 saturated carbocycles. The minimum absolute atomic E-state index is 0.00422. The number of alkyl halides is 3. The standard InChI is InChI=1S/C15H15BrF3NO3/c1-3-20-14(12(16)7-8-13(21)22-2)23-11-6-4-5-10(9-11)15(17,18)19/h4-7,9H,3,8H2,1-2H3. The summed E-state index contributed by atoms with van der Waals surface area (Å²) in [6, 6.07) is 4.46. The van der Waals surface area contributed by atoms with Gasteiger partial charge in [-0.1, -0.05) is 12.1 Å². The van der Waals surface area contributed by atoms with Crippen molar-refractivity contribution in [3.8, 4) is 5.75 Å². The van der Waals surface area contributed by atoms with E-state index in [-0.39, 0.29) is 18.1 Å². The molecule has 0 bridgehead atoms. The van der Waals surface area contributed by atoms with Crippen LogP contribution in [0.25, 0.3) is 0 Å². The van der Waals surface area contributed by atoms with E-state index >= 15 is 0 Å². The molecule has 0 aromatic heterocycles. The van der Waals surface area contributed by atoms with Crippen LogP contribution in [-0.4, -0.2) is 25.5 Å². The van der Waals surface area contributed by atoms with Gasteiger partial charge in [-0.25, -0.2) is 0 Å². The highest BCUT2D eigenvalue weighted by atomic mass is 79.9. The number of ether oxygens (including phenoxy) is 2. The van der Waals surface area contributed by atoms with Gasteiger partial charge in [0, 0.05) is 6.54 Å². The number of methoxy groups -OCH3 is 1. The van der Waals surface area contributed by atoms with E-state index in [1.165, 1.54) is 25.3 Å². The third kappa shape index (κ3) is 6.43. The summed E-state index contributed by atoms with van der Waals surface area (Å²) in [5, 5.41) is 0. The molecule has 0 aliphatic carbocycles. The smallest absolute Gasteiger partial charge is 0.416 e. The Morgan fingerprint density at radius 1 is 1.39 bits per heavy atom. The predicted molar refractivity (Wildman–Crippen MR) is 83.7 cm³/mol. The lowest BCUT2D eigenvalue weighted by atomic mass is 10.2. The van der Waals surface area contributed by atoms with E-state index < -0.39 is 17.7 Å². The van der Waals surface area contributed by atoms with Crippen molar-refractivity contribution in [2.75, 3.05) is 13.7 Å². The van der Waals surface area contributed by atoms with Gasteiger partial charge in [0.05, 0.1) is 23.6 Å². The Hall–Kier alpha value is -1.83. The minimum atomic E-state index is -4.46. The lowest BCUT2D eigenvalue weighted by molar-refractivity contribution is -0.139. The second kappa shape index (κ2) is 8.71. The van der Waals surface area contributed by atoms with Crippen LogP contribution in [0.4, 0.5) is 13.2 Å². The van der Waals surface area contributed by atoms with Gasteiger partial charge in [0.15, 0.2) is 0 Å². The zero-order valence-electron chi connectivity index (χ0n) is 12.5. The molecule has 0 amide bonds. The van der Waals surface area contributed by atoms with Crippen LogP contribution in [0.2, 0.25) is 0 Å². The van der Waals surface area contributed by atoms with Crippen LogP contribution < -0.4 is 4.74 Å². The van der Waals surface area contributed by atoms with Crippen molar-refractivity contribution in [1.29, 1.82) is 0 Å². The van der Waals surface area contributed by atoms with Gasteiger partial charge in [0.1, 0.15) is 5.75 Å². The minimum Gasteiger partial charge on any atom is -0.469 e. The van der Waals surface area contributed by atoms with Gasteiger partial charge in [-0.3, -0.25) is 9.79 Å². The van der Waals surface area contributed by atoms with Crippen LogP contribution in [0.1, 0.15) is 18.9 Å². The molecule has 1 aromatic carbocycles. The average molecular weight is 394 g/mol. The number of aliphatic imine (C=N–C) groups is 1. The largest absolute Gasteiger partial charge is 0.469 e. The van der Waals surface area contributed by atoms with E-state index in [2.05, 4.69) is 25.7 Å². The van der Waals surface area contributed by atoms with Crippen molar-refractivity contribution in [1.82, 2.24) is 0 Å². The molecule has 0 N–H and O–H groups in total. The number of esters is 1. The summed E-state index contributed by atoms with van der Waals surface area (Å²) in [6.07, 6.45) is -3.01. The molecule has 1 rings (SSSR count). The summed E-state index contributed by atoms with van der Waals surface area (Å²) in [5.41, 5.74) is -0.819. The van der Waals surface area contributed by atoms with E-state index in [1.54, 1.807) is 6.92 Å². The Labute approximate surface area is 140 Å². The first-order valence-electron chi connectivity index (χ1n) is 6.60. The number of benzene rings is 1. The fraction of sp³-hybridized carbons (Fsp3) is 0.333. The van der Waals surface area contributed by atoms with Gasteiger partial charge in [-0.15, -0.1) is 0 Å². The van der Waals surface area contributed by atoms with Crippen molar-refractivity contribution in [3.63, 3.8) is 0 Å². The van der Waals surface area contributed by atoms with Gasteiger partial charge in [-0.05, 0) is 41.1 Å². The number of hydrogen-bond donors (Lipinski definition) is 0. The summed E-state index contributed by atoms with van der Waals surface area (Å²) < 4.78 is 48.4. The third-order valence-electron chi connectivity index (χ3n) is 2.56. The number of hydrogen-bond acceptors (Lipinski definition) is 4. The molecule has 0 atom stereocenters. The van der Waals surface area contributed by atoms with Crippen LogP contribution in [0.5, 0.6) is 5.75 Å². The van der Waals surface area contributed by atoms with Crippen molar-refractivity contribution >= 4 is 27.8 Å². The summed E-state index contributed by atoms with van der Waals surface area (Å²) in [7, 11) is 1.25. The third-order valence-corrected chi connectivity index (χ3v) is 3.22. The molecule has 0 spiro atoms. The molecule has 0 saturated heterocycles. The maximum atomic E-state index is 12.7. The maximum Gasteiger partial charge on any atom is 0.416 e. The molecule has 23 heavy (non-hydrogen) atoms. The second-order valence-electron chi connectivity index (χ2n) is 4.24. The first-order valence-corrected chi connectivity index (χ1v) is 7.39. The summed E-state index contributed by atoms with van der Waals surface area (Å²) in [5.74, 6) is -0.386. The van der Waals surface area contributed by atoms with Gasteiger partial charge < -0.3 is 9.47 Å². The van der Waals surface area contributed by atoms with Gasteiger partial charge in [0.2, 0.25) is 5.90 Å². The zero-order valence-corrected chi connectivity index (χ0v) is 14.1. The fourth-order valence-corrected chi connectivity index (χ4v) is 1.86. The van der Waals surface area contributed by atoms with Crippen LogP contribution in [0.3, 0.4) is 0 Å². The zero-order chi connectivity index (χ0) is 17.5. The molecular weight excluding hydrogens is 379 g/mol. The molecule has 8 heteroatoms. The quantitative estimate of drug-likeness (QED) is 0.424. The Kier molecular flexibility index (Phi) is 7.28. The molecule has 4 nitrogen and oxygen atoms in total. The average Bonchev–Trinajstić information content (AvgIpc) is 2.51. The predicted octanol–water partition coefficient (Wildman–Crippen LogP) is 4.34. The lowest BCUT2D eigenvalue weighted by Crippen LogP contribution is -2.11. The van der Waals surface area contributed by atoms with Crippen molar-refractivity contribution in [2.45, 2.75) is 19.5 Å². The molecule has 1 aromatic rings. The monoisotopic (exact) mass is 393 g/mol.